The Labute approximate surface area is 374 Å². The molecule has 0 fully saturated rings. The van der Waals surface area contributed by atoms with Gasteiger partial charge in [-0.2, -0.15) is 0 Å². The Hall–Kier alpha value is -0.520. The van der Waals surface area contributed by atoms with Crippen LogP contribution in [0, 0.1) is 0 Å². The fourth-order valence-electron chi connectivity index (χ4n) is 6.12. The summed E-state index contributed by atoms with van der Waals surface area (Å²) in [7, 11) is 0. The Bertz CT molecular complexity index is 682. The lowest BCUT2D eigenvalue weighted by Crippen LogP contribution is -2.15. The maximum atomic E-state index is 5.66. The van der Waals surface area contributed by atoms with E-state index in [-0.39, 0.29) is 0 Å². The van der Waals surface area contributed by atoms with Gasteiger partial charge in [-0.3, -0.25) is 0 Å². The molecule has 368 valence electrons. The molecule has 0 atom stereocenters. The molecular weight excluding hydrogens is 785 g/mol. The van der Waals surface area contributed by atoms with Crippen LogP contribution in [-0.4, -0.2) is 172 Å². The highest BCUT2D eigenvalue weighted by molar-refractivity contribution is 4.49. The number of ether oxygens (including phenoxy) is 13. The predicted molar refractivity (Wildman–Crippen MR) is 244 cm³/mol. The van der Waals surface area contributed by atoms with Crippen molar-refractivity contribution in [3.63, 3.8) is 0 Å². The van der Waals surface area contributed by atoms with Gasteiger partial charge in [0.1, 0.15) is 0 Å². The molecule has 0 bridgehead atoms. The highest BCUT2D eigenvalue weighted by Gasteiger charge is 1.99. The van der Waals surface area contributed by atoms with E-state index in [4.69, 9.17) is 61.6 Å². The molecule has 0 amide bonds. The molecule has 0 unspecified atom stereocenters. The maximum Gasteiger partial charge on any atom is 0.0701 e. The van der Waals surface area contributed by atoms with Crippen LogP contribution in [0.5, 0.6) is 0 Å². The van der Waals surface area contributed by atoms with Crippen molar-refractivity contribution >= 4 is 0 Å². The first-order chi connectivity index (χ1) is 30.4. The van der Waals surface area contributed by atoms with Crippen molar-refractivity contribution in [2.24, 2.45) is 0 Å². The van der Waals surface area contributed by atoms with E-state index >= 15 is 0 Å². The van der Waals surface area contributed by atoms with Gasteiger partial charge in [0, 0.05) is 13.2 Å². The normalized spacial score (nSPS) is 11.7. The second kappa shape index (κ2) is 59.5. The van der Waals surface area contributed by atoms with E-state index in [1.165, 1.54) is 116 Å². The van der Waals surface area contributed by atoms with Crippen LogP contribution in [-0.2, 0) is 61.6 Å². The van der Waals surface area contributed by atoms with Gasteiger partial charge in [0.15, 0.2) is 0 Å². The van der Waals surface area contributed by atoms with Gasteiger partial charge >= 0.3 is 0 Å². The van der Waals surface area contributed by atoms with Gasteiger partial charge in [-0.05, 0) is 12.8 Å². The molecule has 0 radical (unpaired) electrons. The molecule has 13 nitrogen and oxygen atoms in total. The van der Waals surface area contributed by atoms with Crippen molar-refractivity contribution in [1.29, 1.82) is 0 Å². The molecule has 0 spiro atoms. The van der Waals surface area contributed by atoms with Crippen LogP contribution in [0.4, 0.5) is 0 Å². The first kappa shape index (κ1) is 60.5. The summed E-state index contributed by atoms with van der Waals surface area (Å²) in [6, 6.07) is 0. The highest BCUT2D eigenvalue weighted by atomic mass is 16.6. The summed E-state index contributed by atoms with van der Waals surface area (Å²) in [5.41, 5.74) is 0. The monoisotopic (exact) mass is 883 g/mol. The molecule has 0 rings (SSSR count). The van der Waals surface area contributed by atoms with E-state index in [0.29, 0.717) is 159 Å². The van der Waals surface area contributed by atoms with Gasteiger partial charge < -0.3 is 61.6 Å². The van der Waals surface area contributed by atoms with E-state index in [2.05, 4.69) is 13.8 Å². The topological polar surface area (TPSA) is 120 Å². The lowest BCUT2D eigenvalue weighted by molar-refractivity contribution is -0.0290. The molecule has 0 aromatic heterocycles. The summed E-state index contributed by atoms with van der Waals surface area (Å²) < 4.78 is 72.3. The van der Waals surface area contributed by atoms with Crippen molar-refractivity contribution < 1.29 is 61.6 Å². The Morgan fingerprint density at radius 1 is 0.131 bits per heavy atom. The molecule has 0 aliphatic heterocycles. The number of hydrogen-bond acceptors (Lipinski definition) is 13. The third kappa shape index (κ3) is 59.5. The maximum absolute atomic E-state index is 5.66. The van der Waals surface area contributed by atoms with Crippen molar-refractivity contribution in [2.45, 2.75) is 142 Å². The molecule has 0 aliphatic rings. The van der Waals surface area contributed by atoms with E-state index in [1.807, 2.05) is 0 Å². The SMILES string of the molecule is CCCCCCCCCCCCOCCOCCOCCOCCOCCOCCOCCOCCOCCOCCOCCOCCOCCCCCCCCCCCC. The smallest absolute Gasteiger partial charge is 0.0701 e. The number of unbranched alkanes of at least 4 members (excludes halogenated alkanes) is 18. The van der Waals surface area contributed by atoms with Crippen molar-refractivity contribution in [3.8, 4) is 0 Å². The average Bonchev–Trinajstić information content (AvgIpc) is 3.27. The van der Waals surface area contributed by atoms with Crippen molar-refractivity contribution in [1.82, 2.24) is 0 Å². The molecule has 0 aromatic rings. The lowest BCUT2D eigenvalue weighted by Gasteiger charge is -2.09. The molecule has 0 saturated heterocycles. The molecule has 61 heavy (non-hydrogen) atoms. The average molecular weight is 883 g/mol. The fraction of sp³-hybridized carbons (Fsp3) is 1.00. The minimum atomic E-state index is 0.518. The summed E-state index contributed by atoms with van der Waals surface area (Å²) in [5, 5.41) is 0. The van der Waals surface area contributed by atoms with Crippen LogP contribution in [0.15, 0.2) is 0 Å². The summed E-state index contributed by atoms with van der Waals surface area (Å²) in [4.78, 5) is 0. The molecule has 13 heteroatoms. The van der Waals surface area contributed by atoms with Crippen LogP contribution in [0.25, 0.3) is 0 Å². The Morgan fingerprint density at radius 3 is 0.393 bits per heavy atom. The Balaban J connectivity index is 3.06. The summed E-state index contributed by atoms with van der Waals surface area (Å²) in [5.74, 6) is 0. The molecule has 0 N–H and O–H groups in total. The molecular formula is C48H98O13. The van der Waals surface area contributed by atoms with Gasteiger partial charge in [0.25, 0.3) is 0 Å². The minimum absolute atomic E-state index is 0.518. The van der Waals surface area contributed by atoms with Crippen LogP contribution in [0.2, 0.25) is 0 Å². The summed E-state index contributed by atoms with van der Waals surface area (Å²) >= 11 is 0. The largest absolute Gasteiger partial charge is 0.379 e. The summed E-state index contributed by atoms with van der Waals surface area (Å²) in [6.07, 6.45) is 26.8. The molecule has 0 aliphatic carbocycles. The first-order valence-corrected chi connectivity index (χ1v) is 24.9. The van der Waals surface area contributed by atoms with Crippen molar-refractivity contribution in [3.05, 3.63) is 0 Å². The highest BCUT2D eigenvalue weighted by Crippen LogP contribution is 2.11. The molecule has 0 aromatic carbocycles. The standard InChI is InChI=1S/C48H98O13/c1-3-5-7-9-11-13-15-17-19-21-23-49-25-27-51-29-31-53-33-35-55-37-39-57-41-43-59-45-47-61-48-46-60-44-42-58-40-38-56-36-34-54-32-30-52-28-26-50-24-22-20-18-16-14-12-10-8-6-4-2/h3-48H2,1-2H3. The quantitative estimate of drug-likeness (QED) is 0.0541. The molecule has 0 heterocycles. The van der Waals surface area contributed by atoms with Gasteiger partial charge in [-0.1, -0.05) is 129 Å². The van der Waals surface area contributed by atoms with E-state index < -0.39 is 0 Å². The van der Waals surface area contributed by atoms with Crippen LogP contribution >= 0.6 is 0 Å². The fourth-order valence-corrected chi connectivity index (χ4v) is 6.12. The van der Waals surface area contributed by atoms with E-state index in [0.717, 1.165) is 26.1 Å². The number of hydrogen-bond donors (Lipinski definition) is 0. The minimum Gasteiger partial charge on any atom is -0.379 e. The third-order valence-electron chi connectivity index (χ3n) is 9.75. The van der Waals surface area contributed by atoms with Gasteiger partial charge in [0.2, 0.25) is 0 Å². The van der Waals surface area contributed by atoms with Crippen molar-refractivity contribution in [2.75, 3.05) is 172 Å². The zero-order valence-electron chi connectivity index (χ0n) is 39.8. The zero-order chi connectivity index (χ0) is 43.7. The lowest BCUT2D eigenvalue weighted by atomic mass is 10.1. The molecule has 0 saturated carbocycles. The Morgan fingerprint density at radius 2 is 0.246 bits per heavy atom. The second-order valence-electron chi connectivity index (χ2n) is 15.3. The van der Waals surface area contributed by atoms with E-state index in [9.17, 15) is 0 Å². The van der Waals surface area contributed by atoms with E-state index in [1.54, 1.807) is 0 Å². The van der Waals surface area contributed by atoms with Crippen LogP contribution < -0.4 is 0 Å². The number of rotatable bonds is 58. The predicted octanol–water partition coefficient (Wildman–Crippen LogP) is 9.04. The summed E-state index contributed by atoms with van der Waals surface area (Å²) in [6.45, 7) is 19.4. The van der Waals surface area contributed by atoms with Crippen LogP contribution in [0.1, 0.15) is 142 Å². The van der Waals surface area contributed by atoms with Crippen LogP contribution in [0.3, 0.4) is 0 Å². The van der Waals surface area contributed by atoms with Gasteiger partial charge in [-0.15, -0.1) is 0 Å². The second-order valence-corrected chi connectivity index (χ2v) is 15.3. The first-order valence-electron chi connectivity index (χ1n) is 24.9. The van der Waals surface area contributed by atoms with Gasteiger partial charge in [-0.25, -0.2) is 0 Å². The van der Waals surface area contributed by atoms with Gasteiger partial charge in [0.05, 0.1) is 159 Å². The Kier molecular flexibility index (Phi) is 59.0. The zero-order valence-corrected chi connectivity index (χ0v) is 39.8. The third-order valence-corrected chi connectivity index (χ3v) is 9.75.